The minimum Gasteiger partial charge on any atom is -0.463 e. The highest BCUT2D eigenvalue weighted by Crippen LogP contribution is 2.67. The standard InChI is InChI=1S/C43H64O17/c1-18-16-54-42(5)43(18,52)36-34(60-42)28(37(51)59-36)25-9-8-23-22-7-6-20-14-21(10-12-40(20,3)24(22)11-13-41(23,25)4)55-39-35(32(49)30(47)27(57-39)17-53-19(2)45)58-38-33(50)31(48)29(46)26(15-44)56-38/h8,18,20-21,25-39,44,46-52H,6-7,9-17H2,1-5H3/t18-,20-,21-,25+,26+,27+,28?,29-,30+,31-,32-,33+,34+,35+,36-,37-,38-,39+,40-,41-,42-,43?/m0/s1. The van der Waals surface area contributed by atoms with Crippen molar-refractivity contribution in [2.75, 3.05) is 19.8 Å². The van der Waals surface area contributed by atoms with Crippen LogP contribution in [0.5, 0.6) is 0 Å². The van der Waals surface area contributed by atoms with Crippen LogP contribution < -0.4 is 0 Å². The molecule has 1 saturated carbocycles. The molecule has 338 valence electrons. The third kappa shape index (κ3) is 6.47. The van der Waals surface area contributed by atoms with Gasteiger partial charge in [-0.2, -0.15) is 0 Å². The van der Waals surface area contributed by atoms with Gasteiger partial charge >= 0.3 is 5.97 Å². The van der Waals surface area contributed by atoms with Gasteiger partial charge in [-0.15, -0.1) is 0 Å². The van der Waals surface area contributed by atoms with E-state index in [0.29, 0.717) is 19.4 Å². The van der Waals surface area contributed by atoms with Crippen molar-refractivity contribution >= 4 is 5.97 Å². The number of rotatable bonds is 8. The molecule has 5 heterocycles. The van der Waals surface area contributed by atoms with Crippen molar-refractivity contribution in [3.05, 3.63) is 22.8 Å². The predicted octanol–water partition coefficient (Wildman–Crippen LogP) is 0.0555. The minimum absolute atomic E-state index is 0.0507. The Kier molecular flexibility index (Phi) is 11.3. The zero-order chi connectivity index (χ0) is 42.8. The Morgan fingerprint density at radius 1 is 0.867 bits per heavy atom. The van der Waals surface area contributed by atoms with Gasteiger partial charge in [0.2, 0.25) is 0 Å². The van der Waals surface area contributed by atoms with E-state index in [-0.39, 0.29) is 47.2 Å². The Morgan fingerprint density at radius 3 is 2.33 bits per heavy atom. The van der Waals surface area contributed by atoms with Gasteiger partial charge in [0.05, 0.1) is 25.4 Å². The Morgan fingerprint density at radius 2 is 1.60 bits per heavy atom. The molecule has 0 aromatic heterocycles. The molecule has 17 heteroatoms. The van der Waals surface area contributed by atoms with Crippen molar-refractivity contribution < 1.29 is 83.5 Å². The average molecular weight is 853 g/mol. The SMILES string of the molecule is CC(=O)OC[C@H]1O[C@@H](O[C@H]2CC[C@]3(C)C4=C(CC[C@H]3C2)C2=CC[C@H](C3[C@H]5O[C@]6(C)OC[C@H](C)C6(O)[C@H]5O[C@@H]3O)[C@@]2(C)CC4)[C@H](O[C@@H]2O[C@H](CO)[C@H](O)[C@H](O)[C@H]2O)[C@@H](O)[C@@H]1O. The van der Waals surface area contributed by atoms with E-state index in [1.807, 2.05) is 6.92 Å². The lowest BCUT2D eigenvalue weighted by Crippen LogP contribution is -2.65. The molecule has 9 rings (SSSR count). The van der Waals surface area contributed by atoms with Gasteiger partial charge in [-0.05, 0) is 92.1 Å². The van der Waals surface area contributed by atoms with E-state index in [2.05, 4.69) is 19.9 Å². The summed E-state index contributed by atoms with van der Waals surface area (Å²) in [5, 5.41) is 86.9. The molecule has 22 atom stereocenters. The molecular weight excluding hydrogens is 788 g/mol. The van der Waals surface area contributed by atoms with Gasteiger partial charge in [0.25, 0.3) is 0 Å². The molecule has 8 N–H and O–H groups in total. The summed E-state index contributed by atoms with van der Waals surface area (Å²) in [4.78, 5) is 11.7. The molecule has 0 aromatic carbocycles. The lowest BCUT2D eigenvalue weighted by Gasteiger charge is -2.54. The van der Waals surface area contributed by atoms with Crippen LogP contribution in [0.2, 0.25) is 0 Å². The first-order valence-corrected chi connectivity index (χ1v) is 21.9. The van der Waals surface area contributed by atoms with E-state index in [0.717, 1.165) is 38.5 Å². The summed E-state index contributed by atoms with van der Waals surface area (Å²) in [6.07, 6.45) is -9.00. The number of ether oxygens (including phenoxy) is 8. The lowest BCUT2D eigenvalue weighted by molar-refractivity contribution is -0.373. The number of hydrogen-bond donors (Lipinski definition) is 8. The number of allylic oxidation sites excluding steroid dienone is 4. The van der Waals surface area contributed by atoms with Crippen molar-refractivity contribution in [2.45, 2.75) is 183 Å². The van der Waals surface area contributed by atoms with Gasteiger partial charge in [-0.25, -0.2) is 0 Å². The smallest absolute Gasteiger partial charge is 0.302 e. The Balaban J connectivity index is 0.909. The third-order valence-electron chi connectivity index (χ3n) is 16.7. The zero-order valence-corrected chi connectivity index (χ0v) is 35.0. The molecule has 0 spiro atoms. The highest BCUT2D eigenvalue weighted by atomic mass is 16.8. The number of aliphatic hydroxyl groups excluding tert-OH is 7. The van der Waals surface area contributed by atoms with Crippen LogP contribution in [0.3, 0.4) is 0 Å². The number of esters is 1. The van der Waals surface area contributed by atoms with Crippen LogP contribution >= 0.6 is 0 Å². The van der Waals surface area contributed by atoms with Crippen molar-refractivity contribution in [3.8, 4) is 0 Å². The summed E-state index contributed by atoms with van der Waals surface area (Å²) in [5.74, 6) is -2.04. The second-order valence-corrected chi connectivity index (χ2v) is 19.7. The lowest BCUT2D eigenvalue weighted by atomic mass is 9.51. The van der Waals surface area contributed by atoms with Gasteiger partial charge in [0, 0.05) is 18.8 Å². The molecule has 4 aliphatic carbocycles. The molecule has 60 heavy (non-hydrogen) atoms. The van der Waals surface area contributed by atoms with Crippen molar-refractivity contribution in [1.29, 1.82) is 0 Å². The van der Waals surface area contributed by atoms with Crippen LogP contribution in [-0.4, -0.2) is 164 Å². The maximum absolute atomic E-state index is 11.9. The summed E-state index contributed by atoms with van der Waals surface area (Å²) < 4.78 is 48.1. The van der Waals surface area contributed by atoms with Crippen LogP contribution in [0, 0.1) is 34.5 Å². The van der Waals surface area contributed by atoms with Crippen molar-refractivity contribution in [3.63, 3.8) is 0 Å². The summed E-state index contributed by atoms with van der Waals surface area (Å²) >= 11 is 0. The van der Waals surface area contributed by atoms with Gasteiger partial charge < -0.3 is 78.7 Å². The molecule has 0 bridgehead atoms. The fourth-order valence-corrected chi connectivity index (χ4v) is 13.1. The molecule has 0 radical (unpaired) electrons. The number of fused-ring (bicyclic) bond motifs is 7. The van der Waals surface area contributed by atoms with Crippen molar-refractivity contribution in [2.24, 2.45) is 34.5 Å². The normalized spacial score (nSPS) is 54.8. The quantitative estimate of drug-likeness (QED) is 0.150. The van der Waals surface area contributed by atoms with Crippen LogP contribution in [-0.2, 0) is 42.7 Å². The van der Waals surface area contributed by atoms with E-state index in [9.17, 15) is 45.6 Å². The first-order chi connectivity index (χ1) is 28.4. The molecule has 5 aliphatic heterocycles. The Labute approximate surface area is 349 Å². The fourth-order valence-electron chi connectivity index (χ4n) is 13.1. The Hall–Kier alpha value is -1.65. The van der Waals surface area contributed by atoms with E-state index in [1.54, 1.807) is 6.92 Å². The average Bonchev–Trinajstić information content (AvgIpc) is 3.86. The number of hydrogen-bond acceptors (Lipinski definition) is 17. The second-order valence-electron chi connectivity index (χ2n) is 19.7. The highest BCUT2D eigenvalue weighted by molar-refractivity contribution is 5.65. The van der Waals surface area contributed by atoms with Crippen LogP contribution in [0.1, 0.15) is 86.0 Å². The first kappa shape index (κ1) is 43.6. The van der Waals surface area contributed by atoms with E-state index >= 15 is 0 Å². The second kappa shape index (κ2) is 15.5. The highest BCUT2D eigenvalue weighted by Gasteiger charge is 2.75. The maximum atomic E-state index is 11.9. The summed E-state index contributed by atoms with van der Waals surface area (Å²) in [6, 6.07) is 0. The van der Waals surface area contributed by atoms with E-state index in [1.165, 1.54) is 23.6 Å². The monoisotopic (exact) mass is 852 g/mol. The number of aliphatic hydroxyl groups is 8. The molecule has 0 amide bonds. The van der Waals surface area contributed by atoms with E-state index < -0.39 is 104 Å². The molecule has 2 unspecified atom stereocenters. The topological polar surface area (TPSA) is 253 Å². The third-order valence-corrected chi connectivity index (χ3v) is 16.7. The number of carbonyl (C=O) groups excluding carboxylic acids is 1. The van der Waals surface area contributed by atoms with Gasteiger partial charge in [-0.1, -0.05) is 32.4 Å². The summed E-state index contributed by atoms with van der Waals surface area (Å²) in [7, 11) is 0. The molecule has 0 aromatic rings. The van der Waals surface area contributed by atoms with Crippen LogP contribution in [0.15, 0.2) is 22.8 Å². The van der Waals surface area contributed by atoms with Crippen LogP contribution in [0.4, 0.5) is 0 Å². The molecule has 17 nitrogen and oxygen atoms in total. The molecule has 9 aliphatic rings. The predicted molar refractivity (Wildman–Crippen MR) is 204 cm³/mol. The van der Waals surface area contributed by atoms with E-state index in [4.69, 9.17) is 37.9 Å². The van der Waals surface area contributed by atoms with Crippen LogP contribution in [0.25, 0.3) is 0 Å². The number of carbonyl (C=O) groups is 1. The summed E-state index contributed by atoms with van der Waals surface area (Å²) in [6.45, 7) is 8.90. The van der Waals surface area contributed by atoms with Gasteiger partial charge in [0.1, 0.15) is 61.5 Å². The largest absolute Gasteiger partial charge is 0.463 e. The van der Waals surface area contributed by atoms with Gasteiger partial charge in [-0.3, -0.25) is 4.79 Å². The molecule has 6 fully saturated rings. The fraction of sp³-hybridized carbons (Fsp3) is 0.884. The first-order valence-electron chi connectivity index (χ1n) is 21.9. The van der Waals surface area contributed by atoms with Crippen molar-refractivity contribution in [1.82, 2.24) is 0 Å². The summed E-state index contributed by atoms with van der Waals surface area (Å²) in [5.41, 5.74) is 2.55. The zero-order valence-electron chi connectivity index (χ0n) is 35.0. The molecular formula is C43H64O17. The maximum Gasteiger partial charge on any atom is 0.302 e. The minimum atomic E-state index is -1.77. The molecule has 5 saturated heterocycles. The van der Waals surface area contributed by atoms with Gasteiger partial charge in [0.15, 0.2) is 30.3 Å². The Bertz CT molecular complexity index is 1720.